The predicted octanol–water partition coefficient (Wildman–Crippen LogP) is -20.0. The van der Waals surface area contributed by atoms with E-state index in [4.69, 9.17) is 66.6 Å². The largest absolute Gasteiger partial charge is 3.00 e. The number of rotatable bonds is 0. The Morgan fingerprint density at radius 1 is 0.290 bits per heavy atom. The summed E-state index contributed by atoms with van der Waals surface area (Å²) in [7, 11) is 0. The van der Waals surface area contributed by atoms with Crippen molar-refractivity contribution in [1.29, 1.82) is 0 Å². The van der Waals surface area contributed by atoms with E-state index in [1.54, 1.807) is 0 Å². The summed E-state index contributed by atoms with van der Waals surface area (Å²) in [5.41, 5.74) is 0. The Balaban J connectivity index is -0.00000000595. The van der Waals surface area contributed by atoms with Gasteiger partial charge >= 0.3 is 102 Å². The zero-order valence-corrected chi connectivity index (χ0v) is 26.7. The van der Waals surface area contributed by atoms with E-state index >= 15 is 0 Å². The van der Waals surface area contributed by atoms with Crippen LogP contribution >= 0.6 is 0 Å². The van der Waals surface area contributed by atoms with Crippen LogP contribution in [0.25, 0.3) is 0 Å². The maximum atomic E-state index is 8.44. The van der Waals surface area contributed by atoms with Gasteiger partial charge in [0.1, 0.15) is 0 Å². The van der Waals surface area contributed by atoms with E-state index < -0.39 is 56.8 Å². The van der Waals surface area contributed by atoms with E-state index in [0.29, 0.717) is 0 Å². The van der Waals surface area contributed by atoms with E-state index in [1.807, 2.05) is 0 Å². The topological polar surface area (TPSA) is 316 Å². The smallest absolute Gasteiger partial charge is 1.00 e. The minimum Gasteiger partial charge on any atom is -1.00 e. The molecule has 31 heavy (non-hydrogen) atoms. The fourth-order valence-corrected chi connectivity index (χ4v) is 0. The predicted molar refractivity (Wildman–Crippen MR) is 48.5 cm³/mol. The second kappa shape index (κ2) is 101. The fraction of sp³-hybridized carbons (Fsp3) is 0. The molecular formula is Cl5Fe6O15S5. The van der Waals surface area contributed by atoms with Crippen LogP contribution in [0, 0.1) is 0 Å². The Morgan fingerprint density at radius 2 is 0.290 bits per heavy atom. The van der Waals surface area contributed by atoms with Gasteiger partial charge < -0.3 is 108 Å². The summed E-state index contributed by atoms with van der Waals surface area (Å²) in [6.07, 6.45) is 0. The molecule has 0 aliphatic carbocycles. The molecule has 0 bridgehead atoms. The normalized spacial score (nSPS) is 5.65. The van der Waals surface area contributed by atoms with Crippen molar-refractivity contribution < 1.29 is 231 Å². The molecule has 0 spiro atoms. The molecule has 3 radical (unpaired) electrons. The van der Waals surface area contributed by atoms with Crippen LogP contribution in [0.3, 0.4) is 0 Å². The summed E-state index contributed by atoms with van der Waals surface area (Å²) in [6.45, 7) is 0. The van der Waals surface area contributed by atoms with Gasteiger partial charge in [-0.3, -0.25) is 21.0 Å². The van der Waals surface area contributed by atoms with Gasteiger partial charge in [-0.05, 0) is 0 Å². The molecule has 203 valence electrons. The summed E-state index contributed by atoms with van der Waals surface area (Å²) in [5.74, 6) is 0. The van der Waals surface area contributed by atoms with Crippen LogP contribution in [-0.2, 0) is 159 Å². The number of halogens is 5. The van der Waals surface area contributed by atoms with Crippen molar-refractivity contribution in [2.24, 2.45) is 0 Å². The Kier molecular flexibility index (Phi) is 361. The van der Waals surface area contributed by atoms with E-state index in [2.05, 4.69) is 0 Å². The van der Waals surface area contributed by atoms with Crippen molar-refractivity contribution in [1.82, 2.24) is 0 Å². The maximum absolute atomic E-state index is 8.44. The first-order chi connectivity index (χ1) is 8.66. The summed E-state index contributed by atoms with van der Waals surface area (Å²) in [5, 5.41) is 0. The second-order valence-electron chi connectivity index (χ2n) is 1.02. The standard InChI is InChI=1S/5ClH.6Fe.5H2O3S/c;;;;;;;;;;;5*1-4(2)3/h5*1H;;;;;;;5*(H2,1,2,3)/q;;;;;3*+2;3*+3;;;;;/p-15. The van der Waals surface area contributed by atoms with Crippen LogP contribution in [0.1, 0.15) is 0 Å². The molecule has 0 N–H and O–H groups in total. The van der Waals surface area contributed by atoms with Crippen molar-refractivity contribution in [3.8, 4) is 0 Å². The molecule has 31 heteroatoms. The van der Waals surface area contributed by atoms with Crippen LogP contribution in [0.2, 0.25) is 0 Å². The molecule has 0 saturated carbocycles. The molecule has 0 aliphatic rings. The first-order valence-corrected chi connectivity index (χ1v) is 7.50. The van der Waals surface area contributed by atoms with Crippen molar-refractivity contribution in [3.63, 3.8) is 0 Å². The van der Waals surface area contributed by atoms with Crippen molar-refractivity contribution in [2.75, 3.05) is 0 Å². The van der Waals surface area contributed by atoms with Gasteiger partial charge in [-0.25, -0.2) is 0 Å². The van der Waals surface area contributed by atoms with Crippen LogP contribution < -0.4 is 62.0 Å². The third kappa shape index (κ3) is 1560. The molecule has 0 fully saturated rings. The summed E-state index contributed by atoms with van der Waals surface area (Å²) in [6, 6.07) is 0. The first kappa shape index (κ1) is 110. The monoisotopic (exact) mass is 910 g/mol. The Hall–Kier alpha value is 4.92. The first-order valence-electron chi connectivity index (χ1n) is 2.50. The molecule has 0 rings (SSSR count). The maximum Gasteiger partial charge on any atom is 3.00 e. The molecule has 0 aromatic rings. The summed E-state index contributed by atoms with van der Waals surface area (Å²) >= 11 is -15.6. The Bertz CT molecular complexity index is 241. The van der Waals surface area contributed by atoms with Gasteiger partial charge in [0.15, 0.2) is 0 Å². The molecule has 0 heterocycles. The Labute approximate surface area is 284 Å². The fourth-order valence-electron chi connectivity index (χ4n) is 0. The zero-order chi connectivity index (χ0) is 17.9. The van der Waals surface area contributed by atoms with Crippen LogP contribution in [0.4, 0.5) is 0 Å². The Morgan fingerprint density at radius 3 is 0.290 bits per heavy atom. The number of hydrogen-bond donors (Lipinski definition) is 0. The average molecular weight is 913 g/mol. The third-order valence-corrected chi connectivity index (χ3v) is 0. The molecule has 0 amide bonds. The van der Waals surface area contributed by atoms with Crippen molar-refractivity contribution in [2.45, 2.75) is 0 Å². The average Bonchev–Trinajstić information content (AvgIpc) is 1.94. The third-order valence-electron chi connectivity index (χ3n) is 0. The van der Waals surface area contributed by atoms with Gasteiger partial charge in [0.05, 0.1) is 0 Å². The minimum atomic E-state index is -3.11. The van der Waals surface area contributed by atoms with Gasteiger partial charge in [0.2, 0.25) is 0 Å². The van der Waals surface area contributed by atoms with E-state index in [-0.39, 0.29) is 164 Å². The van der Waals surface area contributed by atoms with E-state index in [0.717, 1.165) is 0 Å². The van der Waals surface area contributed by atoms with Crippen LogP contribution in [-0.4, -0.2) is 66.6 Å². The van der Waals surface area contributed by atoms with Crippen LogP contribution in [0.5, 0.6) is 0 Å². The van der Waals surface area contributed by atoms with Crippen molar-refractivity contribution in [3.05, 3.63) is 0 Å². The molecule has 0 atom stereocenters. The van der Waals surface area contributed by atoms with Gasteiger partial charge in [-0.1, -0.05) is 0 Å². The SMILES string of the molecule is O=S([O-])[O-].O=S([O-])[O-].O=S([O-])[O-].O=S([O-])[O-].O=S([O-])[O-].[Cl-].[Cl-].[Cl-].[Cl-].[Cl-].[Fe+2].[Fe+2].[Fe+2].[Fe+3].[Fe+3].[Fe+3]. The van der Waals surface area contributed by atoms with E-state index in [9.17, 15) is 0 Å². The van der Waals surface area contributed by atoms with Crippen LogP contribution in [0.15, 0.2) is 0 Å². The van der Waals surface area contributed by atoms with E-state index in [1.165, 1.54) is 0 Å². The molecule has 0 aromatic heterocycles. The van der Waals surface area contributed by atoms with Gasteiger partial charge in [-0.2, -0.15) is 0 Å². The molecule has 0 saturated heterocycles. The molecule has 15 nitrogen and oxygen atoms in total. The zero-order valence-electron chi connectivity index (χ0n) is 12.2. The molecule has 0 aromatic carbocycles. The van der Waals surface area contributed by atoms with Gasteiger partial charge in [0, 0.05) is 0 Å². The second-order valence-corrected chi connectivity index (χ2v) is 3.06. The minimum absolute atomic E-state index is 0. The van der Waals surface area contributed by atoms with Crippen molar-refractivity contribution >= 4 is 56.8 Å². The molecule has 0 unspecified atom stereocenters. The van der Waals surface area contributed by atoms with Gasteiger partial charge in [0.25, 0.3) is 0 Å². The van der Waals surface area contributed by atoms with Gasteiger partial charge in [-0.15, -0.1) is 56.8 Å². The molecular weight excluding hydrogens is 913 g/mol. The summed E-state index contributed by atoms with van der Waals surface area (Å²) < 4.78 is 127. The quantitative estimate of drug-likeness (QED) is 0.161. The number of hydrogen-bond acceptors (Lipinski definition) is 15. The summed E-state index contributed by atoms with van der Waals surface area (Å²) in [4.78, 5) is 0. The molecule has 0 aliphatic heterocycles.